The normalized spacial score (nSPS) is 10.8. The molecule has 18 heavy (non-hydrogen) atoms. The smallest absolute Gasteiger partial charge is 0.149 e. The zero-order valence-corrected chi connectivity index (χ0v) is 11.8. The average molecular weight is 262 g/mol. The number of nitrogens with one attached hydrogen (secondary N) is 1. The highest BCUT2D eigenvalue weighted by atomic mass is 32.1. The number of rotatable bonds is 5. The Balaban J connectivity index is 2.13. The van der Waals surface area contributed by atoms with Crippen LogP contribution in [0, 0.1) is 13.8 Å². The molecule has 0 atom stereocenters. The maximum atomic E-state index is 4.46. The van der Waals surface area contributed by atoms with Crippen molar-refractivity contribution >= 4 is 11.3 Å². The Hall–Kier alpha value is -1.33. The van der Waals surface area contributed by atoms with E-state index in [4.69, 9.17) is 0 Å². The molecule has 0 bridgehead atoms. The molecular formula is C13H18N4S. The van der Waals surface area contributed by atoms with Crippen LogP contribution in [0.1, 0.15) is 23.3 Å². The Kier molecular flexibility index (Phi) is 4.38. The number of likely N-dealkylation sites (N-methyl/N-ethyl adjacent to an activating group) is 1. The van der Waals surface area contributed by atoms with Gasteiger partial charge in [-0.15, -0.1) is 10.2 Å². The minimum Gasteiger partial charge on any atom is -0.317 e. The highest BCUT2D eigenvalue weighted by Gasteiger charge is 2.09. The van der Waals surface area contributed by atoms with Crippen molar-refractivity contribution in [3.63, 3.8) is 0 Å². The van der Waals surface area contributed by atoms with E-state index in [1.807, 2.05) is 19.9 Å². The predicted molar refractivity (Wildman–Crippen MR) is 74.9 cm³/mol. The molecule has 0 aromatic carbocycles. The van der Waals surface area contributed by atoms with Crippen molar-refractivity contribution in [1.82, 2.24) is 20.5 Å². The maximum absolute atomic E-state index is 4.46. The van der Waals surface area contributed by atoms with Crippen LogP contribution >= 0.6 is 11.3 Å². The third-order valence-corrected chi connectivity index (χ3v) is 3.70. The number of hydrogen-bond acceptors (Lipinski definition) is 5. The summed E-state index contributed by atoms with van der Waals surface area (Å²) in [5, 5.41) is 13.8. The Morgan fingerprint density at radius 2 is 2.06 bits per heavy atom. The molecule has 0 amide bonds. The summed E-state index contributed by atoms with van der Waals surface area (Å²) in [4.78, 5) is 4.46. The van der Waals surface area contributed by atoms with Crippen molar-refractivity contribution in [3.8, 4) is 10.6 Å². The zero-order chi connectivity index (χ0) is 13.0. The van der Waals surface area contributed by atoms with E-state index in [2.05, 4.69) is 33.5 Å². The monoisotopic (exact) mass is 262 g/mol. The molecule has 4 nitrogen and oxygen atoms in total. The highest BCUT2D eigenvalue weighted by Crippen LogP contribution is 2.25. The summed E-state index contributed by atoms with van der Waals surface area (Å²) >= 11 is 1.65. The van der Waals surface area contributed by atoms with E-state index in [9.17, 15) is 0 Å². The maximum Gasteiger partial charge on any atom is 0.149 e. The third-order valence-electron chi connectivity index (χ3n) is 2.69. The largest absolute Gasteiger partial charge is 0.317 e. The lowest BCUT2D eigenvalue weighted by Gasteiger charge is -2.01. The second-order valence-electron chi connectivity index (χ2n) is 4.19. The van der Waals surface area contributed by atoms with Gasteiger partial charge < -0.3 is 5.32 Å². The van der Waals surface area contributed by atoms with Crippen LogP contribution in [-0.4, -0.2) is 28.3 Å². The van der Waals surface area contributed by atoms with Crippen molar-refractivity contribution in [3.05, 3.63) is 28.5 Å². The molecule has 5 heteroatoms. The molecule has 1 N–H and O–H groups in total. The molecule has 0 saturated heterocycles. The Morgan fingerprint density at radius 3 is 2.78 bits per heavy atom. The zero-order valence-electron chi connectivity index (χ0n) is 11.0. The molecule has 0 fully saturated rings. The molecule has 0 aliphatic rings. The van der Waals surface area contributed by atoms with E-state index in [0.29, 0.717) is 0 Å². The lowest BCUT2D eigenvalue weighted by molar-refractivity contribution is 0.710. The van der Waals surface area contributed by atoms with E-state index in [0.717, 1.165) is 46.5 Å². The molecule has 0 spiro atoms. The van der Waals surface area contributed by atoms with E-state index in [1.165, 1.54) is 0 Å². The summed E-state index contributed by atoms with van der Waals surface area (Å²) in [7, 11) is 0. The second kappa shape index (κ2) is 6.02. The Labute approximate surface area is 111 Å². The van der Waals surface area contributed by atoms with Gasteiger partial charge in [0.25, 0.3) is 0 Å². The fourth-order valence-electron chi connectivity index (χ4n) is 1.75. The first-order valence-corrected chi connectivity index (χ1v) is 7.00. The van der Waals surface area contributed by atoms with Gasteiger partial charge in [-0.3, -0.25) is 4.98 Å². The average Bonchev–Trinajstić information content (AvgIpc) is 2.78. The number of nitrogens with zero attached hydrogens (tertiary/aromatic N) is 3. The molecule has 0 aliphatic carbocycles. The molecule has 0 unspecified atom stereocenters. The van der Waals surface area contributed by atoms with Crippen molar-refractivity contribution < 1.29 is 0 Å². The van der Waals surface area contributed by atoms with Crippen molar-refractivity contribution in [2.75, 3.05) is 13.1 Å². The summed E-state index contributed by atoms with van der Waals surface area (Å²) in [5.74, 6) is 0. The SMILES string of the molecule is CCNCCc1nnc(-c2ccc(C)nc2C)s1. The molecular weight excluding hydrogens is 244 g/mol. The number of aromatic nitrogens is 3. The van der Waals surface area contributed by atoms with Gasteiger partial charge in [-0.1, -0.05) is 18.3 Å². The molecule has 2 aromatic rings. The Bertz CT molecular complexity index is 521. The summed E-state index contributed by atoms with van der Waals surface area (Å²) < 4.78 is 0. The Morgan fingerprint density at radius 1 is 1.22 bits per heavy atom. The molecule has 2 heterocycles. The van der Waals surface area contributed by atoms with E-state index >= 15 is 0 Å². The number of aryl methyl sites for hydroxylation is 2. The number of hydrogen-bond donors (Lipinski definition) is 1. The molecule has 2 rings (SSSR count). The van der Waals surface area contributed by atoms with Crippen LogP contribution in [0.15, 0.2) is 12.1 Å². The summed E-state index contributed by atoms with van der Waals surface area (Å²) in [6, 6.07) is 4.09. The van der Waals surface area contributed by atoms with Crippen molar-refractivity contribution in [2.24, 2.45) is 0 Å². The van der Waals surface area contributed by atoms with Crippen molar-refractivity contribution in [2.45, 2.75) is 27.2 Å². The van der Waals surface area contributed by atoms with Crippen LogP contribution in [0.5, 0.6) is 0 Å². The van der Waals surface area contributed by atoms with Crippen LogP contribution in [0.2, 0.25) is 0 Å². The van der Waals surface area contributed by atoms with Gasteiger partial charge in [0, 0.05) is 29.9 Å². The lowest BCUT2D eigenvalue weighted by Crippen LogP contribution is -2.15. The fourth-order valence-corrected chi connectivity index (χ4v) is 2.66. The van der Waals surface area contributed by atoms with Crippen LogP contribution in [0.4, 0.5) is 0 Å². The van der Waals surface area contributed by atoms with Gasteiger partial charge in [0.05, 0.1) is 0 Å². The minimum absolute atomic E-state index is 0.934. The quantitative estimate of drug-likeness (QED) is 0.841. The first-order valence-electron chi connectivity index (χ1n) is 6.18. The molecule has 0 aliphatic heterocycles. The first-order chi connectivity index (χ1) is 8.70. The van der Waals surface area contributed by atoms with Gasteiger partial charge in [-0.25, -0.2) is 0 Å². The summed E-state index contributed by atoms with van der Waals surface area (Å²) in [6.07, 6.45) is 0.934. The van der Waals surface area contributed by atoms with Gasteiger partial charge in [-0.2, -0.15) is 0 Å². The topological polar surface area (TPSA) is 50.7 Å². The van der Waals surface area contributed by atoms with Gasteiger partial charge >= 0.3 is 0 Å². The van der Waals surface area contributed by atoms with Gasteiger partial charge in [0.15, 0.2) is 0 Å². The summed E-state index contributed by atoms with van der Waals surface area (Å²) in [6.45, 7) is 8.07. The van der Waals surface area contributed by atoms with Gasteiger partial charge in [0.2, 0.25) is 0 Å². The van der Waals surface area contributed by atoms with Gasteiger partial charge in [0.1, 0.15) is 10.0 Å². The standard InChI is InChI=1S/C13H18N4S/c1-4-14-8-7-12-16-17-13(18-12)11-6-5-9(2)15-10(11)3/h5-6,14H,4,7-8H2,1-3H3. The third kappa shape index (κ3) is 3.11. The van der Waals surface area contributed by atoms with Crippen LogP contribution < -0.4 is 5.32 Å². The highest BCUT2D eigenvalue weighted by molar-refractivity contribution is 7.14. The van der Waals surface area contributed by atoms with Crippen LogP contribution in [0.25, 0.3) is 10.6 Å². The van der Waals surface area contributed by atoms with E-state index < -0.39 is 0 Å². The van der Waals surface area contributed by atoms with Crippen LogP contribution in [0.3, 0.4) is 0 Å². The predicted octanol–water partition coefficient (Wildman–Crippen LogP) is 2.37. The van der Waals surface area contributed by atoms with E-state index in [1.54, 1.807) is 11.3 Å². The minimum atomic E-state index is 0.934. The molecule has 0 radical (unpaired) electrons. The van der Waals surface area contributed by atoms with Crippen LogP contribution in [-0.2, 0) is 6.42 Å². The molecule has 2 aromatic heterocycles. The van der Waals surface area contributed by atoms with E-state index in [-0.39, 0.29) is 0 Å². The summed E-state index contributed by atoms with van der Waals surface area (Å²) in [5.41, 5.74) is 3.14. The lowest BCUT2D eigenvalue weighted by atomic mass is 10.2. The fraction of sp³-hybridized carbons (Fsp3) is 0.462. The molecule has 96 valence electrons. The second-order valence-corrected chi connectivity index (χ2v) is 5.25. The van der Waals surface area contributed by atoms with Gasteiger partial charge in [-0.05, 0) is 32.5 Å². The van der Waals surface area contributed by atoms with Crippen molar-refractivity contribution in [1.29, 1.82) is 0 Å². The first kappa shape index (κ1) is 13.1. The molecule has 0 saturated carbocycles. The number of pyridine rings is 1.